The van der Waals surface area contributed by atoms with Crippen molar-refractivity contribution in [2.45, 2.75) is 0 Å². The number of H-pyrrole nitrogens is 1. The molecule has 0 aliphatic carbocycles. The van der Waals surface area contributed by atoms with E-state index < -0.39 is 5.82 Å². The number of halogens is 1. The highest BCUT2D eigenvalue weighted by molar-refractivity contribution is 6.01. The molecule has 2 amide bonds. The van der Waals surface area contributed by atoms with E-state index in [0.29, 0.717) is 53.9 Å². The van der Waals surface area contributed by atoms with Crippen molar-refractivity contribution in [3.63, 3.8) is 0 Å². The molecule has 0 saturated carbocycles. The second kappa shape index (κ2) is 7.35. The summed E-state index contributed by atoms with van der Waals surface area (Å²) < 4.78 is 14.6. The zero-order chi connectivity index (χ0) is 21.5. The average molecular weight is 419 g/mol. The maximum Gasteiger partial charge on any atom is 0.259 e. The van der Waals surface area contributed by atoms with E-state index in [1.165, 1.54) is 30.5 Å². The molecule has 2 aromatic carbocycles. The van der Waals surface area contributed by atoms with E-state index >= 15 is 0 Å². The molecule has 0 atom stereocenters. The van der Waals surface area contributed by atoms with Gasteiger partial charge in [-0.05, 0) is 36.4 Å². The van der Waals surface area contributed by atoms with E-state index in [1.54, 1.807) is 32.5 Å². The summed E-state index contributed by atoms with van der Waals surface area (Å²) in [6.45, 7) is 1.42. The molecule has 8 nitrogen and oxygen atoms in total. The molecule has 4 aromatic rings. The first-order valence-electron chi connectivity index (χ1n) is 9.86. The van der Waals surface area contributed by atoms with E-state index in [1.807, 2.05) is 6.07 Å². The van der Waals surface area contributed by atoms with Crippen LogP contribution in [0.3, 0.4) is 0 Å². The van der Waals surface area contributed by atoms with Crippen LogP contribution in [0.5, 0.6) is 0 Å². The van der Waals surface area contributed by atoms with Crippen molar-refractivity contribution in [2.75, 3.05) is 26.2 Å². The lowest BCUT2D eigenvalue weighted by atomic mass is 10.1. The van der Waals surface area contributed by atoms with Crippen molar-refractivity contribution in [1.82, 2.24) is 24.4 Å². The van der Waals surface area contributed by atoms with Crippen LogP contribution in [0.15, 0.2) is 59.5 Å². The van der Waals surface area contributed by atoms with E-state index in [-0.39, 0.29) is 17.4 Å². The Balaban J connectivity index is 1.36. The second-order valence-electron chi connectivity index (χ2n) is 7.38. The molecular formula is C22H18FN5O3. The van der Waals surface area contributed by atoms with Gasteiger partial charge in [-0.2, -0.15) is 5.10 Å². The summed E-state index contributed by atoms with van der Waals surface area (Å²) in [6, 6.07) is 12.5. The smallest absolute Gasteiger partial charge is 0.259 e. The van der Waals surface area contributed by atoms with Crippen LogP contribution in [0.4, 0.5) is 4.39 Å². The number of piperazine rings is 1. The van der Waals surface area contributed by atoms with Gasteiger partial charge in [-0.1, -0.05) is 12.1 Å². The number of hydrogen-bond acceptors (Lipinski definition) is 4. The lowest BCUT2D eigenvalue weighted by Gasteiger charge is -2.34. The Kier molecular flexibility index (Phi) is 4.50. The first-order valence-corrected chi connectivity index (χ1v) is 9.86. The molecule has 31 heavy (non-hydrogen) atoms. The number of benzene rings is 2. The maximum atomic E-state index is 13.1. The van der Waals surface area contributed by atoms with Crippen LogP contribution < -0.4 is 5.56 Å². The number of rotatable bonds is 2. The number of nitrogens with zero attached hydrogens (tertiary/aromatic N) is 4. The zero-order valence-electron chi connectivity index (χ0n) is 16.4. The van der Waals surface area contributed by atoms with Gasteiger partial charge >= 0.3 is 0 Å². The molecule has 9 heteroatoms. The van der Waals surface area contributed by atoms with Crippen molar-refractivity contribution in [2.24, 2.45) is 0 Å². The van der Waals surface area contributed by atoms with Crippen LogP contribution >= 0.6 is 0 Å². The first-order chi connectivity index (χ1) is 15.0. The van der Waals surface area contributed by atoms with Gasteiger partial charge in [-0.3, -0.25) is 14.4 Å². The molecule has 1 aliphatic heterocycles. The van der Waals surface area contributed by atoms with Crippen LogP contribution in [-0.2, 0) is 0 Å². The Bertz CT molecular complexity index is 1370. The molecule has 156 valence electrons. The third kappa shape index (κ3) is 3.24. The molecule has 0 unspecified atom stereocenters. The summed E-state index contributed by atoms with van der Waals surface area (Å²) in [6.07, 6.45) is 1.45. The number of carbonyl (C=O) groups excluding carboxylic acids is 2. The van der Waals surface area contributed by atoms with Gasteiger partial charge in [0.25, 0.3) is 17.4 Å². The number of hydrogen-bond donors (Lipinski definition) is 1. The minimum Gasteiger partial charge on any atom is -0.335 e. The van der Waals surface area contributed by atoms with Crippen LogP contribution in [0.25, 0.3) is 16.6 Å². The lowest BCUT2D eigenvalue weighted by molar-refractivity contribution is 0.0536. The van der Waals surface area contributed by atoms with E-state index in [4.69, 9.17) is 0 Å². The predicted octanol–water partition coefficient (Wildman–Crippen LogP) is 1.91. The molecule has 1 fully saturated rings. The third-order valence-electron chi connectivity index (χ3n) is 5.55. The summed E-state index contributed by atoms with van der Waals surface area (Å²) >= 11 is 0. The highest BCUT2D eigenvalue weighted by atomic mass is 19.1. The van der Waals surface area contributed by atoms with Crippen LogP contribution in [-0.4, -0.2) is 62.4 Å². The number of para-hydroxylation sites is 1. The largest absolute Gasteiger partial charge is 0.335 e. The highest BCUT2D eigenvalue weighted by Crippen LogP contribution is 2.17. The molecule has 1 aliphatic rings. The first kappa shape index (κ1) is 19.0. The van der Waals surface area contributed by atoms with Gasteiger partial charge in [0.1, 0.15) is 17.0 Å². The number of carbonyl (C=O) groups is 2. The van der Waals surface area contributed by atoms with Gasteiger partial charge in [0.2, 0.25) is 0 Å². The van der Waals surface area contributed by atoms with Crippen molar-refractivity contribution < 1.29 is 14.0 Å². The Morgan fingerprint density at radius 1 is 0.903 bits per heavy atom. The van der Waals surface area contributed by atoms with Gasteiger partial charge in [-0.25, -0.2) is 8.91 Å². The fourth-order valence-electron chi connectivity index (χ4n) is 3.89. The molecule has 2 aromatic heterocycles. The summed E-state index contributed by atoms with van der Waals surface area (Å²) in [5.74, 6) is -0.847. The zero-order valence-corrected chi connectivity index (χ0v) is 16.4. The molecule has 0 bridgehead atoms. The van der Waals surface area contributed by atoms with E-state index in [2.05, 4.69) is 10.1 Å². The van der Waals surface area contributed by atoms with Crippen molar-refractivity contribution in [3.8, 4) is 0 Å². The van der Waals surface area contributed by atoms with Crippen LogP contribution in [0.2, 0.25) is 0 Å². The molecule has 3 heterocycles. The molecule has 5 rings (SSSR count). The highest BCUT2D eigenvalue weighted by Gasteiger charge is 2.27. The summed E-state index contributed by atoms with van der Waals surface area (Å²) in [5.41, 5.74) is 1.40. The van der Waals surface area contributed by atoms with Crippen molar-refractivity contribution in [1.29, 1.82) is 0 Å². The van der Waals surface area contributed by atoms with Gasteiger partial charge in [-0.15, -0.1) is 0 Å². The quantitative estimate of drug-likeness (QED) is 0.537. The molecule has 1 N–H and O–H groups in total. The number of nitrogens with one attached hydrogen (secondary N) is 1. The molecule has 1 saturated heterocycles. The summed E-state index contributed by atoms with van der Waals surface area (Å²) in [7, 11) is 0. The van der Waals surface area contributed by atoms with Crippen LogP contribution in [0, 0.1) is 5.82 Å². The number of fused-ring (bicyclic) bond motifs is 3. The van der Waals surface area contributed by atoms with Crippen molar-refractivity contribution >= 4 is 28.4 Å². The molecular weight excluding hydrogens is 401 g/mol. The Hall–Kier alpha value is -4.01. The normalized spacial score (nSPS) is 14.4. The fraction of sp³-hybridized carbons (Fsp3) is 0.182. The fourth-order valence-corrected chi connectivity index (χ4v) is 3.89. The standard InChI is InChI=1S/C22H18FN5O3/c23-15-7-5-14(6-8-15)21(30)26-9-11-27(12-10-26)22(31)17-13-24-28-18-4-2-1-3-16(18)20(29)25-19(17)28/h1-8,13H,9-12H2,(H,25,29). The van der Waals surface area contributed by atoms with Crippen molar-refractivity contribution in [3.05, 3.63) is 82.0 Å². The van der Waals surface area contributed by atoms with Crippen LogP contribution in [0.1, 0.15) is 20.7 Å². The molecule has 0 spiro atoms. The minimum absolute atomic E-state index is 0.195. The molecule has 0 radical (unpaired) electrons. The second-order valence-corrected chi connectivity index (χ2v) is 7.38. The Labute approximate surface area is 175 Å². The van der Waals surface area contributed by atoms with E-state index in [9.17, 15) is 18.8 Å². The third-order valence-corrected chi connectivity index (χ3v) is 5.55. The minimum atomic E-state index is -0.397. The van der Waals surface area contributed by atoms with Gasteiger partial charge < -0.3 is 14.8 Å². The number of aromatic amines is 1. The van der Waals surface area contributed by atoms with Gasteiger partial charge in [0.05, 0.1) is 17.1 Å². The average Bonchev–Trinajstić information content (AvgIpc) is 3.23. The monoisotopic (exact) mass is 419 g/mol. The van der Waals surface area contributed by atoms with Gasteiger partial charge in [0, 0.05) is 31.7 Å². The Morgan fingerprint density at radius 2 is 1.55 bits per heavy atom. The maximum absolute atomic E-state index is 13.1. The lowest BCUT2D eigenvalue weighted by Crippen LogP contribution is -2.50. The summed E-state index contributed by atoms with van der Waals surface area (Å²) in [5, 5.41) is 4.79. The van der Waals surface area contributed by atoms with E-state index in [0.717, 1.165) is 0 Å². The predicted molar refractivity (Wildman–Crippen MR) is 112 cm³/mol. The number of aromatic nitrogens is 3. The topological polar surface area (TPSA) is 90.8 Å². The van der Waals surface area contributed by atoms with Gasteiger partial charge in [0.15, 0.2) is 0 Å². The summed E-state index contributed by atoms with van der Waals surface area (Å²) in [4.78, 5) is 44.2. The SMILES string of the molecule is O=C(c1ccc(F)cc1)N1CCN(C(=O)c2cnn3c2[nH]c(=O)c2ccccc23)CC1. The Morgan fingerprint density at radius 3 is 2.26 bits per heavy atom. The number of amides is 2.